The molecule has 0 saturated carbocycles. The lowest BCUT2D eigenvalue weighted by Gasteiger charge is -2.36. The minimum absolute atomic E-state index is 0.103. The van der Waals surface area contributed by atoms with E-state index in [1.54, 1.807) is 6.20 Å². The van der Waals surface area contributed by atoms with Crippen LogP contribution in [-0.2, 0) is 14.3 Å². The van der Waals surface area contributed by atoms with Crippen molar-refractivity contribution >= 4 is 18.0 Å². The lowest BCUT2D eigenvalue weighted by atomic mass is 9.79. The number of carbonyl (C=O) groups excluding carboxylic acids is 2. The largest absolute Gasteiger partial charge is 0.465 e. The van der Waals surface area contributed by atoms with Crippen molar-refractivity contribution < 1.29 is 24.2 Å². The van der Waals surface area contributed by atoms with E-state index in [-0.39, 0.29) is 12.5 Å². The predicted molar refractivity (Wildman–Crippen MR) is 66.3 cm³/mol. The van der Waals surface area contributed by atoms with Crippen LogP contribution in [0.1, 0.15) is 12.8 Å². The highest BCUT2D eigenvalue weighted by molar-refractivity contribution is 5.93. The standard InChI is InChI=1S/C13H14N2O5/c16-10-7-9(8-20-10)15-6-3-13(11(15)17)1-4-14(5-2-13)12(18)19/h3,6-7H,1-2,4-5,8H2,(H,18,19). The number of rotatable bonds is 1. The Balaban J connectivity index is 1.74. The van der Waals surface area contributed by atoms with Gasteiger partial charge < -0.3 is 14.7 Å². The van der Waals surface area contributed by atoms with Crippen molar-refractivity contribution in [3.8, 4) is 0 Å². The molecule has 0 radical (unpaired) electrons. The zero-order valence-electron chi connectivity index (χ0n) is 10.7. The van der Waals surface area contributed by atoms with E-state index in [1.165, 1.54) is 15.9 Å². The van der Waals surface area contributed by atoms with E-state index < -0.39 is 17.5 Å². The summed E-state index contributed by atoms with van der Waals surface area (Å²) >= 11 is 0. The van der Waals surface area contributed by atoms with Gasteiger partial charge in [-0.3, -0.25) is 9.69 Å². The van der Waals surface area contributed by atoms with Gasteiger partial charge in [0.1, 0.15) is 6.61 Å². The Morgan fingerprint density at radius 1 is 1.30 bits per heavy atom. The van der Waals surface area contributed by atoms with Gasteiger partial charge in [-0.15, -0.1) is 0 Å². The normalized spacial score (nSPS) is 24.3. The molecule has 0 aromatic heterocycles. The van der Waals surface area contributed by atoms with Crippen LogP contribution in [0.25, 0.3) is 0 Å². The maximum atomic E-state index is 12.5. The first-order valence-corrected chi connectivity index (χ1v) is 6.40. The molecule has 0 bridgehead atoms. The fourth-order valence-electron chi connectivity index (χ4n) is 2.80. The molecule has 1 saturated heterocycles. The summed E-state index contributed by atoms with van der Waals surface area (Å²) < 4.78 is 4.81. The van der Waals surface area contributed by atoms with E-state index in [0.717, 1.165) is 0 Å². The van der Waals surface area contributed by atoms with Crippen molar-refractivity contribution in [1.82, 2.24) is 9.80 Å². The lowest BCUT2D eigenvalue weighted by molar-refractivity contribution is -0.137. The molecule has 1 fully saturated rings. The van der Waals surface area contributed by atoms with Gasteiger partial charge in [-0.2, -0.15) is 0 Å². The Morgan fingerprint density at radius 2 is 2.00 bits per heavy atom. The van der Waals surface area contributed by atoms with E-state index in [4.69, 9.17) is 9.84 Å². The quantitative estimate of drug-likeness (QED) is 0.707. The number of ether oxygens (including phenoxy) is 1. The number of piperidine rings is 1. The zero-order chi connectivity index (χ0) is 14.3. The van der Waals surface area contributed by atoms with E-state index in [2.05, 4.69) is 0 Å². The summed E-state index contributed by atoms with van der Waals surface area (Å²) in [5, 5.41) is 8.94. The van der Waals surface area contributed by atoms with Crippen LogP contribution in [-0.4, -0.2) is 52.6 Å². The maximum absolute atomic E-state index is 12.5. The van der Waals surface area contributed by atoms with E-state index in [1.807, 2.05) is 6.08 Å². The van der Waals surface area contributed by atoms with Crippen LogP contribution in [0.15, 0.2) is 24.0 Å². The van der Waals surface area contributed by atoms with Gasteiger partial charge >= 0.3 is 12.1 Å². The van der Waals surface area contributed by atoms with Crippen molar-refractivity contribution in [2.75, 3.05) is 19.7 Å². The summed E-state index contributed by atoms with van der Waals surface area (Å²) in [6.07, 6.45) is 4.77. The number of carbonyl (C=O) groups is 3. The molecule has 0 atom stereocenters. The fraction of sp³-hybridized carbons (Fsp3) is 0.462. The first-order chi connectivity index (χ1) is 9.52. The minimum Gasteiger partial charge on any atom is -0.465 e. The Morgan fingerprint density at radius 3 is 2.55 bits per heavy atom. The van der Waals surface area contributed by atoms with Crippen molar-refractivity contribution in [3.63, 3.8) is 0 Å². The van der Waals surface area contributed by atoms with Crippen LogP contribution in [0.5, 0.6) is 0 Å². The number of carboxylic acid groups (broad SMARTS) is 1. The van der Waals surface area contributed by atoms with Crippen LogP contribution in [0.2, 0.25) is 0 Å². The lowest BCUT2D eigenvalue weighted by Crippen LogP contribution is -2.46. The average molecular weight is 278 g/mol. The van der Waals surface area contributed by atoms with Crippen molar-refractivity contribution in [2.45, 2.75) is 12.8 Å². The summed E-state index contributed by atoms with van der Waals surface area (Å²) in [6.45, 7) is 0.785. The van der Waals surface area contributed by atoms with Crippen molar-refractivity contribution in [2.24, 2.45) is 5.41 Å². The maximum Gasteiger partial charge on any atom is 0.407 e. The third kappa shape index (κ3) is 1.86. The van der Waals surface area contributed by atoms with E-state index in [0.29, 0.717) is 31.6 Å². The van der Waals surface area contributed by atoms with E-state index >= 15 is 0 Å². The number of hydrogen-bond donors (Lipinski definition) is 1. The fourth-order valence-corrected chi connectivity index (χ4v) is 2.80. The first kappa shape index (κ1) is 12.7. The first-order valence-electron chi connectivity index (χ1n) is 6.40. The van der Waals surface area contributed by atoms with Gasteiger partial charge in [-0.25, -0.2) is 9.59 Å². The van der Waals surface area contributed by atoms with Gasteiger partial charge in [0.2, 0.25) is 5.91 Å². The molecule has 3 rings (SSSR count). The third-order valence-electron chi connectivity index (χ3n) is 4.07. The second kappa shape index (κ2) is 4.36. The second-order valence-electron chi connectivity index (χ2n) is 5.16. The van der Waals surface area contributed by atoms with E-state index in [9.17, 15) is 14.4 Å². The highest BCUT2D eigenvalue weighted by atomic mass is 16.5. The summed E-state index contributed by atoms with van der Waals surface area (Å²) in [5.74, 6) is -0.546. The molecule has 106 valence electrons. The van der Waals surface area contributed by atoms with Gasteiger partial charge in [0.05, 0.1) is 11.1 Å². The van der Waals surface area contributed by atoms with Gasteiger partial charge in [0, 0.05) is 25.4 Å². The molecule has 20 heavy (non-hydrogen) atoms. The third-order valence-corrected chi connectivity index (χ3v) is 4.07. The summed E-state index contributed by atoms with van der Waals surface area (Å²) in [7, 11) is 0. The number of esters is 1. The second-order valence-corrected chi connectivity index (χ2v) is 5.16. The van der Waals surface area contributed by atoms with Gasteiger partial charge in [-0.05, 0) is 12.8 Å². The molecule has 0 aromatic carbocycles. The molecule has 1 N–H and O–H groups in total. The van der Waals surface area contributed by atoms with Crippen molar-refractivity contribution in [1.29, 1.82) is 0 Å². The van der Waals surface area contributed by atoms with Gasteiger partial charge in [0.25, 0.3) is 0 Å². The highest BCUT2D eigenvalue weighted by Crippen LogP contribution is 2.40. The average Bonchev–Trinajstić information content (AvgIpc) is 2.97. The Labute approximate surface area is 115 Å². The monoisotopic (exact) mass is 278 g/mol. The van der Waals surface area contributed by atoms with Crippen LogP contribution >= 0.6 is 0 Å². The molecular formula is C13H14N2O5. The molecular weight excluding hydrogens is 264 g/mol. The van der Waals surface area contributed by atoms with Crippen molar-refractivity contribution in [3.05, 3.63) is 24.0 Å². The Bertz CT molecular complexity index is 543. The topological polar surface area (TPSA) is 87.2 Å². The van der Waals surface area contributed by atoms with Crippen LogP contribution in [0.3, 0.4) is 0 Å². The highest BCUT2D eigenvalue weighted by Gasteiger charge is 2.46. The number of cyclic esters (lactones) is 1. The summed E-state index contributed by atoms with van der Waals surface area (Å²) in [4.78, 5) is 37.3. The number of amides is 2. The Kier molecular flexibility index (Phi) is 2.77. The van der Waals surface area contributed by atoms with Crippen LogP contribution in [0.4, 0.5) is 4.79 Å². The summed E-state index contributed by atoms with van der Waals surface area (Å²) in [6, 6.07) is 0. The molecule has 3 aliphatic rings. The molecule has 3 aliphatic heterocycles. The zero-order valence-corrected chi connectivity index (χ0v) is 10.7. The molecule has 0 aromatic rings. The molecule has 0 aliphatic carbocycles. The van der Waals surface area contributed by atoms with Gasteiger partial charge in [-0.1, -0.05) is 6.08 Å². The van der Waals surface area contributed by atoms with Gasteiger partial charge in [0.15, 0.2) is 0 Å². The number of nitrogens with zero attached hydrogens (tertiary/aromatic N) is 2. The number of hydrogen-bond acceptors (Lipinski definition) is 4. The molecule has 7 nitrogen and oxygen atoms in total. The Hall–Kier alpha value is -2.31. The minimum atomic E-state index is -0.955. The molecule has 2 amide bonds. The predicted octanol–water partition coefficient (Wildman–Crippen LogP) is 0.543. The van der Waals surface area contributed by atoms with Crippen LogP contribution < -0.4 is 0 Å². The SMILES string of the molecule is O=C1C=C(N2C=CC3(CCN(C(=O)O)CC3)C2=O)CO1. The molecule has 0 unspecified atom stereocenters. The van der Waals surface area contributed by atoms with Crippen LogP contribution in [0, 0.1) is 5.41 Å². The summed E-state index contributed by atoms with van der Waals surface area (Å²) in [5.41, 5.74) is -0.105. The smallest absolute Gasteiger partial charge is 0.407 e. The molecule has 3 heterocycles. The number of likely N-dealkylation sites (tertiary alicyclic amines) is 1. The molecule has 7 heteroatoms. The molecule has 1 spiro atoms.